The van der Waals surface area contributed by atoms with E-state index >= 15 is 0 Å². The van der Waals surface area contributed by atoms with Crippen molar-refractivity contribution in [3.05, 3.63) is 17.5 Å². The van der Waals surface area contributed by atoms with Gasteiger partial charge in [-0.15, -0.1) is 0 Å². The van der Waals surface area contributed by atoms with Crippen molar-refractivity contribution in [2.75, 3.05) is 12.4 Å². The molecule has 1 atom stereocenters. The minimum Gasteiger partial charge on any atom is -0.377 e. The highest BCUT2D eigenvalue weighted by atomic mass is 32.2. The van der Waals surface area contributed by atoms with Crippen LogP contribution in [0, 0.1) is 0 Å². The highest BCUT2D eigenvalue weighted by Crippen LogP contribution is 2.29. The van der Waals surface area contributed by atoms with Gasteiger partial charge in [0.25, 0.3) is 0 Å². The van der Waals surface area contributed by atoms with Crippen LogP contribution in [0.15, 0.2) is 6.07 Å². The van der Waals surface area contributed by atoms with Crippen molar-refractivity contribution >= 4 is 9.84 Å². The summed E-state index contributed by atoms with van der Waals surface area (Å²) in [6.07, 6.45) is -3.43. The van der Waals surface area contributed by atoms with Crippen molar-refractivity contribution in [2.45, 2.75) is 30.9 Å². The van der Waals surface area contributed by atoms with Crippen molar-refractivity contribution in [3.63, 3.8) is 0 Å². The molecule has 1 aliphatic heterocycles. The van der Waals surface area contributed by atoms with Gasteiger partial charge in [-0.3, -0.25) is 4.68 Å². The Labute approximate surface area is 114 Å². The third kappa shape index (κ3) is 3.72. The number of rotatable bonds is 4. The van der Waals surface area contributed by atoms with Crippen LogP contribution in [0.1, 0.15) is 24.2 Å². The fraction of sp³-hybridized carbons (Fsp3) is 0.727. The number of hydrogen-bond donors (Lipinski definition) is 0. The molecule has 1 aromatic heterocycles. The van der Waals surface area contributed by atoms with Crippen molar-refractivity contribution in [2.24, 2.45) is 7.05 Å². The van der Waals surface area contributed by atoms with Crippen molar-refractivity contribution in [1.82, 2.24) is 9.78 Å². The lowest BCUT2D eigenvalue weighted by Gasteiger charge is -2.08. The molecule has 1 aliphatic rings. The van der Waals surface area contributed by atoms with Crippen LogP contribution in [0.2, 0.25) is 0 Å². The SMILES string of the molecule is Cn1nc(CS(=O)(=O)CC2CCCO2)cc1C(F)(F)F. The quantitative estimate of drug-likeness (QED) is 0.846. The second-order valence-corrected chi connectivity index (χ2v) is 6.94. The molecule has 9 heteroatoms. The number of halogens is 3. The molecule has 20 heavy (non-hydrogen) atoms. The van der Waals surface area contributed by atoms with Crippen LogP contribution in [-0.4, -0.2) is 36.7 Å². The summed E-state index contributed by atoms with van der Waals surface area (Å²) in [5.41, 5.74) is -1.06. The van der Waals surface area contributed by atoms with Crippen LogP contribution >= 0.6 is 0 Å². The van der Waals surface area contributed by atoms with E-state index < -0.39 is 27.5 Å². The van der Waals surface area contributed by atoms with Gasteiger partial charge in [0.1, 0.15) is 5.69 Å². The molecular weight excluding hydrogens is 297 g/mol. The maximum atomic E-state index is 12.6. The third-order valence-corrected chi connectivity index (χ3v) is 4.67. The zero-order valence-electron chi connectivity index (χ0n) is 10.9. The molecule has 0 amide bonds. The van der Waals surface area contributed by atoms with Gasteiger partial charge < -0.3 is 4.74 Å². The predicted octanol–water partition coefficient (Wildman–Crippen LogP) is 1.53. The van der Waals surface area contributed by atoms with Gasteiger partial charge in [0.15, 0.2) is 9.84 Å². The lowest BCUT2D eigenvalue weighted by molar-refractivity contribution is -0.143. The first-order valence-electron chi connectivity index (χ1n) is 6.09. The molecule has 0 radical (unpaired) electrons. The highest BCUT2D eigenvalue weighted by Gasteiger charge is 2.35. The summed E-state index contributed by atoms with van der Waals surface area (Å²) in [5.74, 6) is -0.679. The van der Waals surface area contributed by atoms with E-state index in [1.54, 1.807) is 0 Å². The Bertz CT molecular complexity index is 574. The van der Waals surface area contributed by atoms with Crippen LogP contribution in [0.4, 0.5) is 13.2 Å². The van der Waals surface area contributed by atoms with E-state index in [2.05, 4.69) is 5.10 Å². The minimum absolute atomic E-state index is 0.0992. The van der Waals surface area contributed by atoms with E-state index in [-0.39, 0.29) is 17.6 Å². The number of aryl methyl sites for hydroxylation is 1. The Balaban J connectivity index is 2.09. The second kappa shape index (κ2) is 5.36. The van der Waals surface area contributed by atoms with Gasteiger partial charge in [0.2, 0.25) is 0 Å². The van der Waals surface area contributed by atoms with Gasteiger partial charge in [-0.1, -0.05) is 0 Å². The maximum Gasteiger partial charge on any atom is 0.433 e. The Morgan fingerprint density at radius 1 is 1.50 bits per heavy atom. The van der Waals surface area contributed by atoms with E-state index in [4.69, 9.17) is 4.74 Å². The van der Waals surface area contributed by atoms with Gasteiger partial charge in [0.05, 0.1) is 23.3 Å². The smallest absolute Gasteiger partial charge is 0.377 e. The normalized spacial score (nSPS) is 20.5. The van der Waals surface area contributed by atoms with Gasteiger partial charge >= 0.3 is 6.18 Å². The molecule has 0 saturated carbocycles. The first-order valence-corrected chi connectivity index (χ1v) is 7.92. The molecular formula is C11H15F3N2O3S. The van der Waals surface area contributed by atoms with E-state index in [0.717, 1.165) is 19.5 Å². The van der Waals surface area contributed by atoms with Crippen LogP contribution in [0.25, 0.3) is 0 Å². The molecule has 0 spiro atoms. The molecule has 1 saturated heterocycles. The van der Waals surface area contributed by atoms with Crippen LogP contribution in [0.3, 0.4) is 0 Å². The van der Waals surface area contributed by atoms with Gasteiger partial charge in [-0.2, -0.15) is 18.3 Å². The van der Waals surface area contributed by atoms with E-state index in [1.165, 1.54) is 0 Å². The van der Waals surface area contributed by atoms with Crippen molar-refractivity contribution < 1.29 is 26.3 Å². The van der Waals surface area contributed by atoms with Crippen LogP contribution < -0.4 is 0 Å². The summed E-state index contributed by atoms with van der Waals surface area (Å²) < 4.78 is 67.5. The predicted molar refractivity (Wildman–Crippen MR) is 64.7 cm³/mol. The number of sulfone groups is 1. The average Bonchev–Trinajstić information content (AvgIpc) is 2.85. The van der Waals surface area contributed by atoms with Crippen molar-refractivity contribution in [3.8, 4) is 0 Å². The number of hydrogen-bond acceptors (Lipinski definition) is 4. The number of aromatic nitrogens is 2. The van der Waals surface area contributed by atoms with Gasteiger partial charge in [-0.25, -0.2) is 8.42 Å². The van der Waals surface area contributed by atoms with Crippen molar-refractivity contribution in [1.29, 1.82) is 0 Å². The Morgan fingerprint density at radius 2 is 2.20 bits per heavy atom. The third-order valence-electron chi connectivity index (χ3n) is 3.05. The van der Waals surface area contributed by atoms with E-state index in [0.29, 0.717) is 17.7 Å². The Kier molecular flexibility index (Phi) is 4.10. The summed E-state index contributed by atoms with van der Waals surface area (Å²) in [6.45, 7) is 0.530. The molecule has 0 bridgehead atoms. The first kappa shape index (κ1) is 15.3. The molecule has 0 N–H and O–H groups in total. The standard InChI is InChI=1S/C11H15F3N2O3S/c1-16-10(11(12,13)14)5-8(15-16)6-20(17,18)7-9-3-2-4-19-9/h5,9H,2-4,6-7H2,1H3. The molecule has 5 nitrogen and oxygen atoms in total. The lowest BCUT2D eigenvalue weighted by Crippen LogP contribution is -2.21. The summed E-state index contributed by atoms with van der Waals surface area (Å²) in [5, 5.41) is 3.61. The summed E-state index contributed by atoms with van der Waals surface area (Å²) in [6, 6.07) is 0.771. The lowest BCUT2D eigenvalue weighted by atomic mass is 10.3. The Hall–Kier alpha value is -1.09. The van der Waals surface area contributed by atoms with E-state index in [1.807, 2.05) is 0 Å². The second-order valence-electron chi connectivity index (χ2n) is 4.83. The number of nitrogens with zero attached hydrogens (tertiary/aromatic N) is 2. The molecule has 2 rings (SSSR count). The maximum absolute atomic E-state index is 12.6. The molecule has 0 aliphatic carbocycles. The van der Waals surface area contributed by atoms with E-state index in [9.17, 15) is 21.6 Å². The number of ether oxygens (including phenoxy) is 1. The van der Waals surface area contributed by atoms with Gasteiger partial charge in [0, 0.05) is 13.7 Å². The molecule has 1 fully saturated rings. The zero-order chi connectivity index (χ0) is 15.0. The summed E-state index contributed by atoms with van der Waals surface area (Å²) in [7, 11) is -2.40. The van der Waals surface area contributed by atoms with Crippen LogP contribution in [-0.2, 0) is 33.6 Å². The summed E-state index contributed by atoms with van der Waals surface area (Å²) >= 11 is 0. The molecule has 114 valence electrons. The minimum atomic E-state index is -4.54. The zero-order valence-corrected chi connectivity index (χ0v) is 11.7. The number of alkyl halides is 3. The highest BCUT2D eigenvalue weighted by molar-refractivity contribution is 7.90. The Morgan fingerprint density at radius 3 is 2.70 bits per heavy atom. The van der Waals surface area contributed by atoms with Crippen LogP contribution in [0.5, 0.6) is 0 Å². The largest absolute Gasteiger partial charge is 0.433 e. The first-order chi connectivity index (χ1) is 9.17. The average molecular weight is 312 g/mol. The topological polar surface area (TPSA) is 61.2 Å². The fourth-order valence-electron chi connectivity index (χ4n) is 2.21. The van der Waals surface area contributed by atoms with Gasteiger partial charge in [-0.05, 0) is 18.9 Å². The summed E-state index contributed by atoms with van der Waals surface area (Å²) in [4.78, 5) is 0. The molecule has 2 heterocycles. The molecule has 1 unspecified atom stereocenters. The molecule has 0 aromatic carbocycles. The monoisotopic (exact) mass is 312 g/mol. The molecule has 1 aromatic rings. The fourth-order valence-corrected chi connectivity index (χ4v) is 3.74.